The van der Waals surface area contributed by atoms with Gasteiger partial charge in [-0.1, -0.05) is 27.5 Å². The van der Waals surface area contributed by atoms with E-state index in [1.807, 2.05) is 19.1 Å². The highest BCUT2D eigenvalue weighted by atomic mass is 79.9. The summed E-state index contributed by atoms with van der Waals surface area (Å²) in [7, 11) is 0. The average Bonchev–Trinajstić information content (AvgIpc) is 2.44. The number of benzene rings is 1. The number of halogens is 3. The number of hydrogen-bond acceptors (Lipinski definition) is 3. The molecule has 21 heavy (non-hydrogen) atoms. The Morgan fingerprint density at radius 2 is 2.05 bits per heavy atom. The van der Waals surface area contributed by atoms with Gasteiger partial charge in [-0.3, -0.25) is 4.79 Å². The first kappa shape index (κ1) is 16.3. The first-order valence-corrected chi connectivity index (χ1v) is 8.14. The molecular formula is C14H12Br2ClN3O. The van der Waals surface area contributed by atoms with Crippen LogP contribution in [0.3, 0.4) is 0 Å². The van der Waals surface area contributed by atoms with Gasteiger partial charge in [0.05, 0.1) is 10.7 Å². The van der Waals surface area contributed by atoms with E-state index in [2.05, 4.69) is 47.5 Å². The van der Waals surface area contributed by atoms with Crippen LogP contribution >= 0.6 is 43.5 Å². The third-order valence-electron chi connectivity index (χ3n) is 2.60. The molecule has 0 aliphatic heterocycles. The normalized spacial score (nSPS) is 10.3. The van der Waals surface area contributed by atoms with E-state index in [9.17, 15) is 4.79 Å². The fourth-order valence-corrected chi connectivity index (χ4v) is 2.99. The van der Waals surface area contributed by atoms with Crippen molar-refractivity contribution in [1.82, 2.24) is 4.98 Å². The molecule has 2 rings (SSSR count). The monoisotopic (exact) mass is 431 g/mol. The van der Waals surface area contributed by atoms with E-state index in [4.69, 9.17) is 11.6 Å². The van der Waals surface area contributed by atoms with E-state index in [-0.39, 0.29) is 11.6 Å². The number of amides is 1. The molecule has 1 amide bonds. The molecule has 1 heterocycles. The van der Waals surface area contributed by atoms with Crippen LogP contribution in [0.4, 0.5) is 11.5 Å². The van der Waals surface area contributed by atoms with Crippen molar-refractivity contribution in [3.63, 3.8) is 0 Å². The number of carbonyl (C=O) groups is 1. The molecule has 0 aliphatic carbocycles. The third-order valence-corrected chi connectivity index (χ3v) is 4.05. The number of rotatable bonds is 4. The Balaban J connectivity index is 2.25. The minimum atomic E-state index is -0.359. The van der Waals surface area contributed by atoms with Gasteiger partial charge in [-0.2, -0.15) is 0 Å². The van der Waals surface area contributed by atoms with Gasteiger partial charge in [0.15, 0.2) is 0 Å². The third kappa shape index (κ3) is 4.18. The summed E-state index contributed by atoms with van der Waals surface area (Å²) in [6.07, 6.45) is 0. The molecule has 0 unspecified atom stereocenters. The molecule has 2 N–H and O–H groups in total. The molecule has 0 spiro atoms. The highest BCUT2D eigenvalue weighted by Crippen LogP contribution is 2.27. The van der Waals surface area contributed by atoms with E-state index >= 15 is 0 Å². The van der Waals surface area contributed by atoms with E-state index in [0.717, 1.165) is 8.95 Å². The summed E-state index contributed by atoms with van der Waals surface area (Å²) in [6, 6.07) is 8.86. The second kappa shape index (κ2) is 7.24. The molecule has 0 aliphatic rings. The molecule has 1 aromatic carbocycles. The maximum Gasteiger partial charge on any atom is 0.275 e. The van der Waals surface area contributed by atoms with Crippen molar-refractivity contribution >= 4 is 60.9 Å². The van der Waals surface area contributed by atoms with Crippen molar-refractivity contribution in [2.45, 2.75) is 6.92 Å². The van der Waals surface area contributed by atoms with E-state index in [1.54, 1.807) is 18.2 Å². The number of nitrogens with zero attached hydrogens (tertiary/aromatic N) is 1. The molecule has 4 nitrogen and oxygen atoms in total. The molecule has 0 fully saturated rings. The molecule has 0 saturated heterocycles. The molecule has 2 aromatic rings. The Labute approximate surface area is 144 Å². The lowest BCUT2D eigenvalue weighted by Crippen LogP contribution is -2.15. The van der Waals surface area contributed by atoms with E-state index in [1.165, 1.54) is 0 Å². The van der Waals surface area contributed by atoms with Crippen LogP contribution < -0.4 is 10.6 Å². The Bertz CT molecular complexity index is 679. The number of aromatic nitrogens is 1. The lowest BCUT2D eigenvalue weighted by molar-refractivity contribution is 0.102. The summed E-state index contributed by atoms with van der Waals surface area (Å²) < 4.78 is 1.68. The van der Waals surface area contributed by atoms with Crippen molar-refractivity contribution in [3.05, 3.63) is 50.0 Å². The molecule has 7 heteroatoms. The van der Waals surface area contributed by atoms with Crippen molar-refractivity contribution in [2.75, 3.05) is 17.2 Å². The lowest BCUT2D eigenvalue weighted by atomic mass is 10.3. The Morgan fingerprint density at radius 1 is 1.29 bits per heavy atom. The highest BCUT2D eigenvalue weighted by molar-refractivity contribution is 9.11. The van der Waals surface area contributed by atoms with Gasteiger partial charge in [0.2, 0.25) is 0 Å². The fraction of sp³-hybridized carbons (Fsp3) is 0.143. The Kier molecular flexibility index (Phi) is 5.61. The van der Waals surface area contributed by atoms with Crippen LogP contribution in [0.5, 0.6) is 0 Å². The van der Waals surface area contributed by atoms with Crippen molar-refractivity contribution < 1.29 is 4.79 Å². The van der Waals surface area contributed by atoms with Crippen LogP contribution in [0.25, 0.3) is 0 Å². The van der Waals surface area contributed by atoms with Gasteiger partial charge in [0.25, 0.3) is 5.91 Å². The summed E-state index contributed by atoms with van der Waals surface area (Å²) >= 11 is 12.8. The number of carbonyl (C=O) groups excluding carboxylic acids is 1. The first-order valence-electron chi connectivity index (χ1n) is 6.18. The largest absolute Gasteiger partial charge is 0.370 e. The minimum Gasteiger partial charge on any atom is -0.370 e. The fourth-order valence-electron chi connectivity index (χ4n) is 1.65. The van der Waals surface area contributed by atoms with Crippen LogP contribution in [0.2, 0.25) is 5.02 Å². The zero-order valence-electron chi connectivity index (χ0n) is 11.1. The zero-order chi connectivity index (χ0) is 15.4. The predicted octanol–water partition coefficient (Wildman–Crippen LogP) is 4.94. The molecular weight excluding hydrogens is 421 g/mol. The molecule has 0 saturated carbocycles. The van der Waals surface area contributed by atoms with Gasteiger partial charge < -0.3 is 10.6 Å². The number of anilines is 2. The molecule has 110 valence electrons. The standard InChI is InChI=1S/C14H12Br2ClN3O/c1-2-18-12-6-4-10(17)13(20-12)14(21)19-11-5-3-8(15)7-9(11)16/h3-7H,2H2,1H3,(H,18,20)(H,19,21). The van der Waals surface area contributed by atoms with Crippen molar-refractivity contribution in [3.8, 4) is 0 Å². The van der Waals surface area contributed by atoms with Crippen LogP contribution in [0, 0.1) is 0 Å². The maximum absolute atomic E-state index is 12.3. The van der Waals surface area contributed by atoms with E-state index in [0.29, 0.717) is 23.1 Å². The van der Waals surface area contributed by atoms with Gasteiger partial charge in [-0.15, -0.1) is 0 Å². The van der Waals surface area contributed by atoms with Gasteiger partial charge >= 0.3 is 0 Å². The summed E-state index contributed by atoms with van der Waals surface area (Å²) in [4.78, 5) is 16.5. The molecule has 0 radical (unpaired) electrons. The summed E-state index contributed by atoms with van der Waals surface area (Å²) in [6.45, 7) is 2.67. The average molecular weight is 434 g/mol. The van der Waals surface area contributed by atoms with Crippen LogP contribution in [-0.2, 0) is 0 Å². The molecule has 1 aromatic heterocycles. The summed E-state index contributed by atoms with van der Waals surface area (Å²) in [5.41, 5.74) is 0.833. The van der Waals surface area contributed by atoms with Crippen LogP contribution in [-0.4, -0.2) is 17.4 Å². The van der Waals surface area contributed by atoms with Gasteiger partial charge in [-0.05, 0) is 53.2 Å². The number of nitrogens with one attached hydrogen (secondary N) is 2. The van der Waals surface area contributed by atoms with Gasteiger partial charge in [0, 0.05) is 15.5 Å². The second-order valence-corrected chi connectivity index (χ2v) is 6.31. The van der Waals surface area contributed by atoms with Crippen molar-refractivity contribution in [1.29, 1.82) is 0 Å². The maximum atomic E-state index is 12.3. The Morgan fingerprint density at radius 3 is 2.71 bits per heavy atom. The topological polar surface area (TPSA) is 54.0 Å². The lowest BCUT2D eigenvalue weighted by Gasteiger charge is -2.10. The highest BCUT2D eigenvalue weighted by Gasteiger charge is 2.14. The van der Waals surface area contributed by atoms with Gasteiger partial charge in [-0.25, -0.2) is 4.98 Å². The molecule has 0 bridgehead atoms. The van der Waals surface area contributed by atoms with Crippen LogP contribution in [0.15, 0.2) is 39.3 Å². The SMILES string of the molecule is CCNc1ccc(Cl)c(C(=O)Nc2ccc(Br)cc2Br)n1. The van der Waals surface area contributed by atoms with Gasteiger partial charge in [0.1, 0.15) is 11.5 Å². The second-order valence-electron chi connectivity index (χ2n) is 4.14. The van der Waals surface area contributed by atoms with Crippen LogP contribution in [0.1, 0.15) is 17.4 Å². The summed E-state index contributed by atoms with van der Waals surface area (Å²) in [5, 5.41) is 6.14. The quantitative estimate of drug-likeness (QED) is 0.718. The first-order chi connectivity index (χ1) is 10.0. The van der Waals surface area contributed by atoms with E-state index < -0.39 is 0 Å². The number of hydrogen-bond donors (Lipinski definition) is 2. The Hall–Kier alpha value is -1.11. The summed E-state index contributed by atoms with van der Waals surface area (Å²) in [5.74, 6) is 0.254. The molecule has 0 atom stereocenters. The van der Waals surface area contributed by atoms with Crippen molar-refractivity contribution in [2.24, 2.45) is 0 Å². The zero-order valence-corrected chi connectivity index (χ0v) is 15.0. The smallest absolute Gasteiger partial charge is 0.275 e. The minimum absolute atomic E-state index is 0.185. The number of pyridine rings is 1. The predicted molar refractivity (Wildman–Crippen MR) is 93.2 cm³/mol.